The largest absolute Gasteiger partial charge is 0.352 e. The molecule has 0 unspecified atom stereocenters. The van der Waals surface area contributed by atoms with Crippen molar-refractivity contribution in [2.75, 3.05) is 6.67 Å². The number of hydrogen-bond acceptors (Lipinski definition) is 4. The number of nitrogens with zero attached hydrogens (tertiary/aromatic N) is 5. The first kappa shape index (κ1) is 16.2. The second-order valence-electron chi connectivity index (χ2n) is 5.42. The number of halogens is 3. The molecule has 1 aromatic heterocycles. The van der Waals surface area contributed by atoms with Crippen LogP contribution in [0.1, 0.15) is 31.0 Å². The van der Waals surface area contributed by atoms with E-state index < -0.39 is 17.8 Å². The molecule has 0 atom stereocenters. The van der Waals surface area contributed by atoms with E-state index in [2.05, 4.69) is 15.3 Å². The maximum atomic E-state index is 13.4. The van der Waals surface area contributed by atoms with E-state index in [1.807, 2.05) is 24.2 Å². The Labute approximate surface area is 137 Å². The van der Waals surface area contributed by atoms with Crippen LogP contribution in [0.3, 0.4) is 0 Å². The molecule has 24 heavy (non-hydrogen) atoms. The van der Waals surface area contributed by atoms with Crippen LogP contribution < -0.4 is 0 Å². The number of aliphatic imine (C=N–C) groups is 1. The maximum Gasteiger partial charge on any atom is 0.266 e. The minimum absolute atomic E-state index is 0.340. The maximum absolute atomic E-state index is 13.4. The summed E-state index contributed by atoms with van der Waals surface area (Å²) < 4.78 is 40.3. The van der Waals surface area contributed by atoms with Gasteiger partial charge in [-0.2, -0.15) is 0 Å². The van der Waals surface area contributed by atoms with Gasteiger partial charge in [0.15, 0.2) is 0 Å². The van der Waals surface area contributed by atoms with Crippen molar-refractivity contribution in [1.29, 1.82) is 0 Å². The lowest BCUT2D eigenvalue weighted by molar-refractivity contribution is 0.146. The van der Waals surface area contributed by atoms with Gasteiger partial charge in [0.2, 0.25) is 0 Å². The summed E-state index contributed by atoms with van der Waals surface area (Å²) in [6.45, 7) is 3.08. The molecule has 0 aliphatic carbocycles. The van der Waals surface area contributed by atoms with Crippen LogP contribution in [-0.2, 0) is 6.54 Å². The van der Waals surface area contributed by atoms with Gasteiger partial charge in [-0.1, -0.05) is 12.1 Å². The van der Waals surface area contributed by atoms with Crippen LogP contribution in [0.25, 0.3) is 5.69 Å². The van der Waals surface area contributed by atoms with Gasteiger partial charge < -0.3 is 4.90 Å². The molecule has 0 amide bonds. The molecule has 0 saturated heterocycles. The zero-order valence-electron chi connectivity index (χ0n) is 13.0. The Morgan fingerprint density at radius 1 is 1.29 bits per heavy atom. The van der Waals surface area contributed by atoms with Crippen molar-refractivity contribution in [3.05, 3.63) is 53.2 Å². The van der Waals surface area contributed by atoms with E-state index in [1.54, 1.807) is 6.20 Å². The lowest BCUT2D eigenvalue weighted by Crippen LogP contribution is -2.21. The second-order valence-corrected chi connectivity index (χ2v) is 5.42. The van der Waals surface area contributed by atoms with Crippen molar-refractivity contribution < 1.29 is 13.2 Å². The molecule has 1 aromatic carbocycles. The number of alkyl halides is 2. The molecule has 0 saturated carbocycles. The summed E-state index contributed by atoms with van der Waals surface area (Å²) in [5.74, 6) is -0.933. The van der Waals surface area contributed by atoms with E-state index in [0.29, 0.717) is 24.6 Å². The molecule has 0 N–H and O–H groups in total. The van der Waals surface area contributed by atoms with Crippen molar-refractivity contribution in [3.8, 4) is 5.69 Å². The average Bonchev–Trinajstić information content (AvgIpc) is 3.03. The fraction of sp³-hybridized carbons (Fsp3) is 0.312. The molecule has 0 spiro atoms. The van der Waals surface area contributed by atoms with Gasteiger partial charge in [-0.3, -0.25) is 4.99 Å². The number of hydrogen-bond donors (Lipinski definition) is 0. The Kier molecular flexibility index (Phi) is 4.64. The number of aromatic nitrogens is 3. The molecule has 0 fully saturated rings. The Bertz CT molecular complexity index is 782. The lowest BCUT2D eigenvalue weighted by Gasteiger charge is -2.20. The number of benzene rings is 1. The van der Waals surface area contributed by atoms with E-state index in [-0.39, 0.29) is 0 Å². The van der Waals surface area contributed by atoms with Gasteiger partial charge in [-0.25, -0.2) is 17.9 Å². The quantitative estimate of drug-likeness (QED) is 0.840. The molecular weight excluding hydrogens is 319 g/mol. The summed E-state index contributed by atoms with van der Waals surface area (Å²) >= 11 is 0. The van der Waals surface area contributed by atoms with E-state index in [9.17, 15) is 13.2 Å². The van der Waals surface area contributed by atoms with E-state index in [0.717, 1.165) is 24.1 Å². The molecule has 2 heterocycles. The molecule has 3 rings (SSSR count). The zero-order valence-corrected chi connectivity index (χ0v) is 13.0. The predicted molar refractivity (Wildman–Crippen MR) is 83.6 cm³/mol. The minimum Gasteiger partial charge on any atom is -0.352 e. The molecule has 0 radical (unpaired) electrons. The van der Waals surface area contributed by atoms with Crippen LogP contribution in [0.5, 0.6) is 0 Å². The summed E-state index contributed by atoms with van der Waals surface area (Å²) in [4.78, 5) is 6.25. The third-order valence-electron chi connectivity index (χ3n) is 3.66. The van der Waals surface area contributed by atoms with Crippen LogP contribution in [0.15, 0.2) is 41.2 Å². The molecule has 1 aliphatic rings. The molecular formula is C16H16F3N5. The van der Waals surface area contributed by atoms with Gasteiger partial charge in [-0.15, -0.1) is 5.10 Å². The zero-order chi connectivity index (χ0) is 17.1. The van der Waals surface area contributed by atoms with E-state index >= 15 is 0 Å². The van der Waals surface area contributed by atoms with Gasteiger partial charge in [0.1, 0.15) is 18.2 Å². The molecule has 0 bridgehead atoms. The molecule has 1 aliphatic heterocycles. The van der Waals surface area contributed by atoms with Gasteiger partial charge >= 0.3 is 0 Å². The summed E-state index contributed by atoms with van der Waals surface area (Å²) in [5.41, 5.74) is 1.48. The Morgan fingerprint density at radius 2 is 2.12 bits per heavy atom. The fourth-order valence-corrected chi connectivity index (χ4v) is 2.40. The third kappa shape index (κ3) is 3.47. The summed E-state index contributed by atoms with van der Waals surface area (Å²) in [7, 11) is 0. The Hall–Kier alpha value is -2.64. The van der Waals surface area contributed by atoms with Crippen LogP contribution in [-0.4, -0.2) is 32.8 Å². The second kappa shape index (κ2) is 6.86. The molecule has 126 valence electrons. The highest BCUT2D eigenvalue weighted by molar-refractivity contribution is 5.78. The fourth-order valence-electron chi connectivity index (χ4n) is 2.40. The van der Waals surface area contributed by atoms with Crippen molar-refractivity contribution in [1.82, 2.24) is 19.9 Å². The number of rotatable bonds is 5. The summed E-state index contributed by atoms with van der Waals surface area (Å²) in [6, 6.07) is 3.48. The third-order valence-corrected chi connectivity index (χ3v) is 3.66. The highest BCUT2D eigenvalue weighted by Gasteiger charge is 2.15. The first-order chi connectivity index (χ1) is 11.6. The van der Waals surface area contributed by atoms with E-state index in [4.69, 9.17) is 0 Å². The molecule has 5 nitrogen and oxygen atoms in total. The Balaban J connectivity index is 1.78. The topological polar surface area (TPSA) is 46.3 Å². The average molecular weight is 335 g/mol. The van der Waals surface area contributed by atoms with Crippen LogP contribution >= 0.6 is 0 Å². The normalized spacial score (nSPS) is 14.4. The highest BCUT2D eigenvalue weighted by Crippen LogP contribution is 2.24. The Morgan fingerprint density at radius 3 is 2.88 bits per heavy atom. The SMILES string of the molecule is CCC1=CN(Cc2cn(-c3ccc(F)c(C(F)F)c3)nn2)CN=C1. The standard InChI is InChI=1S/C16H16F3N5/c1-2-11-6-20-10-23(7-11)8-12-9-24(22-21-12)13-3-4-15(17)14(5-13)16(18)19/h3-7,9,16H,2,8,10H2,1H3. The number of allylic oxidation sites excluding steroid dienone is 1. The van der Waals surface area contributed by atoms with Gasteiger partial charge in [0, 0.05) is 12.4 Å². The van der Waals surface area contributed by atoms with Crippen LogP contribution in [0.4, 0.5) is 13.2 Å². The first-order valence-corrected chi connectivity index (χ1v) is 7.50. The van der Waals surface area contributed by atoms with Gasteiger partial charge in [0.05, 0.1) is 24.0 Å². The van der Waals surface area contributed by atoms with Gasteiger partial charge in [-0.05, 0) is 30.2 Å². The lowest BCUT2D eigenvalue weighted by atomic mass is 10.2. The smallest absolute Gasteiger partial charge is 0.266 e. The summed E-state index contributed by atoms with van der Waals surface area (Å²) in [5, 5.41) is 7.98. The predicted octanol–water partition coefficient (Wildman–Crippen LogP) is 3.48. The van der Waals surface area contributed by atoms with Crippen molar-refractivity contribution in [2.45, 2.75) is 26.3 Å². The van der Waals surface area contributed by atoms with Crippen LogP contribution in [0.2, 0.25) is 0 Å². The van der Waals surface area contributed by atoms with Crippen molar-refractivity contribution >= 4 is 6.21 Å². The first-order valence-electron chi connectivity index (χ1n) is 7.50. The van der Waals surface area contributed by atoms with E-state index in [1.165, 1.54) is 10.7 Å². The van der Waals surface area contributed by atoms with Crippen molar-refractivity contribution in [3.63, 3.8) is 0 Å². The van der Waals surface area contributed by atoms with Crippen molar-refractivity contribution in [2.24, 2.45) is 4.99 Å². The monoisotopic (exact) mass is 335 g/mol. The summed E-state index contributed by atoms with van der Waals surface area (Å²) in [6.07, 6.45) is 3.51. The molecule has 8 heteroatoms. The van der Waals surface area contributed by atoms with Crippen LogP contribution in [0, 0.1) is 5.82 Å². The highest BCUT2D eigenvalue weighted by atomic mass is 19.3. The van der Waals surface area contributed by atoms with Gasteiger partial charge in [0.25, 0.3) is 6.43 Å². The minimum atomic E-state index is -2.88. The molecule has 2 aromatic rings.